The van der Waals surface area contributed by atoms with E-state index in [1.54, 1.807) is 0 Å². The average Bonchev–Trinajstić information content (AvgIpc) is 2.25. The SMILES string of the molecule is N[C@H]1CCCN(C23CC4CC(CC(O)(C4)C2)C3)C1. The maximum atomic E-state index is 10.8. The van der Waals surface area contributed by atoms with Crippen molar-refractivity contribution in [1.82, 2.24) is 4.90 Å². The molecule has 18 heavy (non-hydrogen) atoms. The van der Waals surface area contributed by atoms with E-state index < -0.39 is 0 Å². The van der Waals surface area contributed by atoms with E-state index >= 15 is 0 Å². The molecule has 0 aromatic carbocycles. The number of likely N-dealkylation sites (tertiary alicyclic amines) is 1. The molecule has 3 nitrogen and oxygen atoms in total. The lowest BCUT2D eigenvalue weighted by Gasteiger charge is -2.64. The molecule has 5 fully saturated rings. The molecule has 4 bridgehead atoms. The second kappa shape index (κ2) is 3.71. The highest BCUT2D eigenvalue weighted by molar-refractivity contribution is 5.13. The second-order valence-corrected chi connectivity index (χ2v) is 7.76. The molecule has 5 rings (SSSR count). The lowest BCUT2D eigenvalue weighted by molar-refractivity contribution is -0.178. The van der Waals surface area contributed by atoms with Gasteiger partial charge in [0, 0.05) is 18.1 Å². The molecular weight excluding hydrogens is 224 g/mol. The molecular formula is C15H26N2O. The Hall–Kier alpha value is -0.120. The van der Waals surface area contributed by atoms with E-state index in [4.69, 9.17) is 5.73 Å². The van der Waals surface area contributed by atoms with Gasteiger partial charge in [0.25, 0.3) is 0 Å². The molecule has 3 N–H and O–H groups in total. The van der Waals surface area contributed by atoms with Crippen molar-refractivity contribution >= 4 is 0 Å². The molecule has 3 atom stereocenters. The van der Waals surface area contributed by atoms with Gasteiger partial charge in [-0.05, 0) is 69.7 Å². The smallest absolute Gasteiger partial charge is 0.0670 e. The summed E-state index contributed by atoms with van der Waals surface area (Å²) in [7, 11) is 0. The predicted octanol–water partition coefficient (Wildman–Crippen LogP) is 1.49. The van der Waals surface area contributed by atoms with Crippen LogP contribution >= 0.6 is 0 Å². The summed E-state index contributed by atoms with van der Waals surface area (Å²) in [5.41, 5.74) is 6.16. The molecule has 0 spiro atoms. The number of piperidine rings is 1. The zero-order valence-corrected chi connectivity index (χ0v) is 11.3. The predicted molar refractivity (Wildman–Crippen MR) is 71.1 cm³/mol. The van der Waals surface area contributed by atoms with Crippen LogP contribution in [0.1, 0.15) is 51.4 Å². The van der Waals surface area contributed by atoms with Gasteiger partial charge in [0.1, 0.15) is 0 Å². The Morgan fingerprint density at radius 1 is 1.11 bits per heavy atom. The third kappa shape index (κ3) is 1.67. The number of aliphatic hydroxyl groups is 1. The number of hydrogen-bond acceptors (Lipinski definition) is 3. The van der Waals surface area contributed by atoms with Gasteiger partial charge in [-0.15, -0.1) is 0 Å². The van der Waals surface area contributed by atoms with Gasteiger partial charge in [-0.25, -0.2) is 0 Å². The highest BCUT2D eigenvalue weighted by atomic mass is 16.3. The van der Waals surface area contributed by atoms with E-state index in [1.165, 1.54) is 38.6 Å². The van der Waals surface area contributed by atoms with E-state index in [2.05, 4.69) is 4.90 Å². The van der Waals surface area contributed by atoms with E-state index in [0.29, 0.717) is 11.6 Å². The van der Waals surface area contributed by atoms with Crippen molar-refractivity contribution in [2.24, 2.45) is 17.6 Å². The lowest BCUT2D eigenvalue weighted by atomic mass is 9.50. The van der Waals surface area contributed by atoms with Crippen LogP contribution in [0.3, 0.4) is 0 Å². The van der Waals surface area contributed by atoms with Gasteiger partial charge in [0.15, 0.2) is 0 Å². The highest BCUT2D eigenvalue weighted by Crippen LogP contribution is 2.59. The molecule has 0 radical (unpaired) electrons. The molecule has 0 aromatic heterocycles. The van der Waals surface area contributed by atoms with Crippen LogP contribution in [0.25, 0.3) is 0 Å². The highest BCUT2D eigenvalue weighted by Gasteiger charge is 2.59. The molecule has 0 aromatic rings. The van der Waals surface area contributed by atoms with Crippen LogP contribution in [0.4, 0.5) is 0 Å². The normalized spacial score (nSPS) is 56.0. The van der Waals surface area contributed by atoms with Crippen molar-refractivity contribution in [2.45, 2.75) is 68.5 Å². The zero-order chi connectivity index (χ0) is 12.4. The van der Waals surface area contributed by atoms with Gasteiger partial charge in [-0.1, -0.05) is 0 Å². The number of hydrogen-bond donors (Lipinski definition) is 2. The van der Waals surface area contributed by atoms with Crippen molar-refractivity contribution in [2.75, 3.05) is 13.1 Å². The monoisotopic (exact) mass is 250 g/mol. The van der Waals surface area contributed by atoms with Crippen molar-refractivity contribution in [3.05, 3.63) is 0 Å². The zero-order valence-electron chi connectivity index (χ0n) is 11.3. The first-order chi connectivity index (χ1) is 8.57. The van der Waals surface area contributed by atoms with Crippen molar-refractivity contribution in [3.8, 4) is 0 Å². The maximum absolute atomic E-state index is 10.8. The quantitative estimate of drug-likeness (QED) is 0.741. The Morgan fingerprint density at radius 3 is 2.44 bits per heavy atom. The molecule has 102 valence electrons. The maximum Gasteiger partial charge on any atom is 0.0670 e. The Kier molecular flexibility index (Phi) is 2.41. The Labute approximate surface area is 110 Å². The summed E-state index contributed by atoms with van der Waals surface area (Å²) in [5.74, 6) is 1.57. The van der Waals surface area contributed by atoms with E-state index in [0.717, 1.165) is 37.6 Å². The first-order valence-electron chi connectivity index (χ1n) is 7.80. The average molecular weight is 250 g/mol. The first kappa shape index (κ1) is 11.7. The van der Waals surface area contributed by atoms with Crippen LogP contribution in [-0.2, 0) is 0 Å². The summed E-state index contributed by atoms with van der Waals surface area (Å²) in [6.45, 7) is 2.28. The van der Waals surface area contributed by atoms with Gasteiger partial charge in [-0.3, -0.25) is 4.90 Å². The van der Waals surface area contributed by atoms with Crippen LogP contribution in [0.15, 0.2) is 0 Å². The van der Waals surface area contributed by atoms with Gasteiger partial charge in [0.05, 0.1) is 5.60 Å². The number of nitrogens with two attached hydrogens (primary N) is 1. The summed E-state index contributed by atoms with van der Waals surface area (Å²) in [6, 6.07) is 0.362. The van der Waals surface area contributed by atoms with E-state index in [-0.39, 0.29) is 5.60 Å². The molecule has 3 heteroatoms. The van der Waals surface area contributed by atoms with Crippen molar-refractivity contribution in [3.63, 3.8) is 0 Å². The Balaban J connectivity index is 1.63. The van der Waals surface area contributed by atoms with Gasteiger partial charge in [0.2, 0.25) is 0 Å². The fourth-order valence-corrected chi connectivity index (χ4v) is 5.98. The summed E-state index contributed by atoms with van der Waals surface area (Å²) in [6.07, 6.45) is 9.65. The summed E-state index contributed by atoms with van der Waals surface area (Å²) < 4.78 is 0. The summed E-state index contributed by atoms with van der Waals surface area (Å²) in [5, 5.41) is 10.8. The van der Waals surface area contributed by atoms with Crippen LogP contribution in [0, 0.1) is 11.8 Å². The summed E-state index contributed by atoms with van der Waals surface area (Å²) >= 11 is 0. The molecule has 1 heterocycles. The second-order valence-electron chi connectivity index (χ2n) is 7.76. The van der Waals surface area contributed by atoms with E-state index in [9.17, 15) is 5.11 Å². The Bertz CT molecular complexity index is 342. The first-order valence-corrected chi connectivity index (χ1v) is 7.80. The molecule has 4 aliphatic carbocycles. The van der Waals surface area contributed by atoms with Gasteiger partial charge in [-0.2, -0.15) is 0 Å². The minimum atomic E-state index is -0.328. The fourth-order valence-electron chi connectivity index (χ4n) is 5.98. The van der Waals surface area contributed by atoms with Crippen molar-refractivity contribution in [1.29, 1.82) is 0 Å². The van der Waals surface area contributed by atoms with Crippen LogP contribution in [0.2, 0.25) is 0 Å². The third-order valence-corrected chi connectivity index (χ3v) is 6.13. The van der Waals surface area contributed by atoms with Crippen LogP contribution in [0.5, 0.6) is 0 Å². The van der Waals surface area contributed by atoms with Gasteiger partial charge < -0.3 is 10.8 Å². The molecule has 1 aliphatic heterocycles. The topological polar surface area (TPSA) is 49.5 Å². The van der Waals surface area contributed by atoms with Crippen LogP contribution in [-0.4, -0.2) is 40.3 Å². The third-order valence-electron chi connectivity index (χ3n) is 6.13. The molecule has 5 aliphatic rings. The largest absolute Gasteiger partial charge is 0.390 e. The Morgan fingerprint density at radius 2 is 1.83 bits per heavy atom. The summed E-state index contributed by atoms with van der Waals surface area (Å²) in [4.78, 5) is 2.67. The minimum Gasteiger partial charge on any atom is -0.390 e. The van der Waals surface area contributed by atoms with E-state index in [1.807, 2.05) is 0 Å². The fraction of sp³-hybridized carbons (Fsp3) is 1.00. The molecule has 2 unspecified atom stereocenters. The van der Waals surface area contributed by atoms with Crippen molar-refractivity contribution < 1.29 is 5.11 Å². The van der Waals surface area contributed by atoms with Crippen LogP contribution < -0.4 is 5.73 Å². The lowest BCUT2D eigenvalue weighted by Crippen LogP contribution is -2.67. The standard InChI is InChI=1S/C15H26N2O/c16-13-2-1-3-17(9-13)14-5-11-4-12(6-14)8-15(18,7-11)10-14/h11-13,18H,1-10,16H2/t11?,12?,13-,14?,15?/m0/s1. The number of nitrogens with zero attached hydrogens (tertiary/aromatic N) is 1. The molecule has 0 amide bonds. The van der Waals surface area contributed by atoms with Gasteiger partial charge >= 0.3 is 0 Å². The molecule has 4 saturated carbocycles. The molecule has 1 saturated heterocycles. The minimum absolute atomic E-state index is 0.316. The number of rotatable bonds is 1.